The van der Waals surface area contributed by atoms with Crippen LogP contribution in [-0.2, 0) is 32.1 Å². The van der Waals surface area contributed by atoms with Crippen molar-refractivity contribution in [3.8, 4) is 0 Å². The molecule has 0 saturated heterocycles. The highest BCUT2D eigenvalue weighted by Crippen LogP contribution is 2.43. The van der Waals surface area contributed by atoms with Gasteiger partial charge < -0.3 is 15.0 Å². The zero-order chi connectivity index (χ0) is 24.0. The van der Waals surface area contributed by atoms with Crippen LogP contribution in [0.15, 0.2) is 41.8 Å². The van der Waals surface area contributed by atoms with Gasteiger partial charge in [0.25, 0.3) is 5.91 Å². The number of para-hydroxylation sites is 1. The van der Waals surface area contributed by atoms with Crippen LogP contribution >= 0.6 is 22.7 Å². The summed E-state index contributed by atoms with van der Waals surface area (Å²) >= 11 is 3.17. The van der Waals surface area contributed by atoms with E-state index in [1.165, 1.54) is 4.90 Å². The highest BCUT2D eigenvalue weighted by molar-refractivity contribution is 7.18. The second kappa shape index (κ2) is 11.1. The topological polar surface area (TPSA) is 88.6 Å². The Balaban J connectivity index is 1.32. The Morgan fingerprint density at radius 2 is 1.94 bits per heavy atom. The number of carbonyl (C=O) groups excluding carboxylic acids is 3. The molecule has 1 aromatic carbocycles. The number of aromatic nitrogens is 1. The zero-order valence-corrected chi connectivity index (χ0v) is 20.9. The number of hydrogen-bond acceptors (Lipinski definition) is 7. The van der Waals surface area contributed by atoms with Gasteiger partial charge in [0.1, 0.15) is 0 Å². The van der Waals surface area contributed by atoms with E-state index in [1.807, 2.05) is 41.8 Å². The van der Waals surface area contributed by atoms with Crippen molar-refractivity contribution in [1.29, 1.82) is 0 Å². The largest absolute Gasteiger partial charge is 0.455 e. The van der Waals surface area contributed by atoms with Gasteiger partial charge in [-0.25, -0.2) is 4.98 Å². The molecule has 0 spiro atoms. The number of rotatable bonds is 10. The predicted molar refractivity (Wildman–Crippen MR) is 134 cm³/mol. The standard InChI is InChI=1S/C25H29N3O4S2/c1-2-28(16-21(29)26-15-18-8-7-13-33-18)23(30)17-32-24(31)25(11-5-6-12-25)14-22-27-19-9-3-4-10-20(19)34-22/h3-4,7-10,13H,2,5-6,11-12,14-17H2,1H3,(H,26,29). The Hall–Kier alpha value is -2.78. The number of fused-ring (bicyclic) bond motifs is 1. The minimum Gasteiger partial charge on any atom is -0.455 e. The number of thiophene rings is 1. The monoisotopic (exact) mass is 499 g/mol. The first-order valence-corrected chi connectivity index (χ1v) is 13.3. The second-order valence-corrected chi connectivity index (χ2v) is 10.7. The van der Waals surface area contributed by atoms with Crippen molar-refractivity contribution < 1.29 is 19.1 Å². The fourth-order valence-electron chi connectivity index (χ4n) is 4.37. The van der Waals surface area contributed by atoms with E-state index in [0.717, 1.165) is 45.8 Å². The van der Waals surface area contributed by atoms with Crippen LogP contribution in [0.25, 0.3) is 10.2 Å². The van der Waals surface area contributed by atoms with Crippen molar-refractivity contribution in [2.45, 2.75) is 45.6 Å². The van der Waals surface area contributed by atoms with E-state index in [-0.39, 0.29) is 30.9 Å². The molecular weight excluding hydrogens is 470 g/mol. The molecule has 7 nitrogen and oxygen atoms in total. The zero-order valence-electron chi connectivity index (χ0n) is 19.2. The summed E-state index contributed by atoms with van der Waals surface area (Å²) in [6.45, 7) is 2.19. The van der Waals surface area contributed by atoms with Crippen molar-refractivity contribution in [3.05, 3.63) is 51.7 Å². The molecule has 34 heavy (non-hydrogen) atoms. The maximum atomic E-state index is 13.2. The lowest BCUT2D eigenvalue weighted by molar-refractivity contribution is -0.161. The Kier molecular flexibility index (Phi) is 7.95. The summed E-state index contributed by atoms with van der Waals surface area (Å²) in [4.78, 5) is 45.3. The van der Waals surface area contributed by atoms with E-state index in [0.29, 0.717) is 19.5 Å². The molecule has 1 saturated carbocycles. The third-order valence-corrected chi connectivity index (χ3v) is 8.17. The smallest absolute Gasteiger partial charge is 0.313 e. The Bertz CT molecular complexity index is 1100. The van der Waals surface area contributed by atoms with E-state index in [4.69, 9.17) is 9.72 Å². The van der Waals surface area contributed by atoms with E-state index in [9.17, 15) is 14.4 Å². The van der Waals surface area contributed by atoms with Crippen LogP contribution in [0, 0.1) is 5.41 Å². The van der Waals surface area contributed by atoms with Gasteiger partial charge in [0.05, 0.1) is 33.7 Å². The number of amides is 2. The number of thiazole rings is 1. The van der Waals surface area contributed by atoms with Gasteiger partial charge in [-0.05, 0) is 43.3 Å². The fourth-order valence-corrected chi connectivity index (χ4v) is 6.12. The molecular formula is C25H29N3O4S2. The first-order chi connectivity index (χ1) is 16.5. The van der Waals surface area contributed by atoms with E-state index >= 15 is 0 Å². The lowest BCUT2D eigenvalue weighted by atomic mass is 9.83. The summed E-state index contributed by atoms with van der Waals surface area (Å²) < 4.78 is 6.64. The molecule has 3 aromatic rings. The first-order valence-electron chi connectivity index (χ1n) is 11.6. The van der Waals surface area contributed by atoms with Crippen molar-refractivity contribution in [2.24, 2.45) is 5.41 Å². The number of esters is 1. The number of nitrogens with zero attached hydrogens (tertiary/aromatic N) is 2. The third kappa shape index (κ3) is 5.82. The second-order valence-electron chi connectivity index (χ2n) is 8.58. The minimum absolute atomic E-state index is 0.0604. The molecule has 1 aliphatic carbocycles. The number of hydrogen-bond donors (Lipinski definition) is 1. The van der Waals surface area contributed by atoms with Crippen molar-refractivity contribution in [2.75, 3.05) is 19.7 Å². The van der Waals surface area contributed by atoms with Gasteiger partial charge in [-0.15, -0.1) is 22.7 Å². The van der Waals surface area contributed by atoms with E-state index in [2.05, 4.69) is 5.32 Å². The van der Waals surface area contributed by atoms with Crippen molar-refractivity contribution >= 4 is 50.7 Å². The maximum Gasteiger partial charge on any atom is 0.313 e. The van der Waals surface area contributed by atoms with Gasteiger partial charge in [-0.2, -0.15) is 0 Å². The molecule has 1 aliphatic rings. The van der Waals surface area contributed by atoms with Gasteiger partial charge in [0, 0.05) is 17.8 Å². The molecule has 2 amide bonds. The predicted octanol–water partition coefficient (Wildman–Crippen LogP) is 4.17. The average molecular weight is 500 g/mol. The number of nitrogens with one attached hydrogen (secondary N) is 1. The molecule has 180 valence electrons. The van der Waals surface area contributed by atoms with Gasteiger partial charge in [0.2, 0.25) is 5.91 Å². The quantitative estimate of drug-likeness (QED) is 0.423. The highest BCUT2D eigenvalue weighted by atomic mass is 32.1. The molecule has 1 fully saturated rings. The van der Waals surface area contributed by atoms with Crippen molar-refractivity contribution in [1.82, 2.24) is 15.2 Å². The summed E-state index contributed by atoms with van der Waals surface area (Å²) in [6, 6.07) is 11.8. The van der Waals surface area contributed by atoms with Gasteiger partial charge in [0.15, 0.2) is 6.61 Å². The summed E-state index contributed by atoms with van der Waals surface area (Å²) in [5, 5.41) is 5.69. The Labute approximate surface area is 207 Å². The average Bonchev–Trinajstić information content (AvgIpc) is 3.60. The lowest BCUT2D eigenvalue weighted by Gasteiger charge is -2.26. The fraction of sp³-hybridized carbons (Fsp3) is 0.440. The van der Waals surface area contributed by atoms with Crippen LogP contribution in [0.5, 0.6) is 0 Å². The molecule has 4 rings (SSSR count). The molecule has 0 radical (unpaired) electrons. The molecule has 9 heteroatoms. The van der Waals surface area contributed by atoms with Crippen molar-refractivity contribution in [3.63, 3.8) is 0 Å². The van der Waals surface area contributed by atoms with Crippen LogP contribution in [0.2, 0.25) is 0 Å². The van der Waals surface area contributed by atoms with Gasteiger partial charge >= 0.3 is 5.97 Å². The Morgan fingerprint density at radius 1 is 1.15 bits per heavy atom. The van der Waals surface area contributed by atoms with Crippen LogP contribution in [0.3, 0.4) is 0 Å². The van der Waals surface area contributed by atoms with Crippen LogP contribution in [-0.4, -0.2) is 47.4 Å². The molecule has 0 bridgehead atoms. The van der Waals surface area contributed by atoms with E-state index in [1.54, 1.807) is 29.6 Å². The normalized spacial score (nSPS) is 14.7. The van der Waals surface area contributed by atoms with Crippen LogP contribution < -0.4 is 5.32 Å². The molecule has 2 heterocycles. The SMILES string of the molecule is CCN(CC(=O)NCc1cccs1)C(=O)COC(=O)C1(Cc2nc3ccccc3s2)CCCC1. The molecule has 1 N–H and O–H groups in total. The number of likely N-dealkylation sites (N-methyl/N-ethyl adjacent to an activating group) is 1. The summed E-state index contributed by atoms with van der Waals surface area (Å²) in [5.74, 6) is -0.941. The molecule has 0 unspecified atom stereocenters. The molecule has 0 aliphatic heterocycles. The molecule has 0 atom stereocenters. The number of ether oxygens (including phenoxy) is 1. The van der Waals surface area contributed by atoms with Crippen LogP contribution in [0.4, 0.5) is 0 Å². The Morgan fingerprint density at radius 3 is 2.65 bits per heavy atom. The third-order valence-electron chi connectivity index (χ3n) is 6.26. The summed E-state index contributed by atoms with van der Waals surface area (Å²) in [6.07, 6.45) is 3.91. The minimum atomic E-state index is -0.636. The lowest BCUT2D eigenvalue weighted by Crippen LogP contribution is -2.43. The van der Waals surface area contributed by atoms with Crippen LogP contribution in [0.1, 0.15) is 42.5 Å². The highest BCUT2D eigenvalue weighted by Gasteiger charge is 2.43. The first kappa shape index (κ1) is 24.3. The summed E-state index contributed by atoms with van der Waals surface area (Å²) in [5.41, 5.74) is 0.304. The number of carbonyl (C=O) groups is 3. The maximum absolute atomic E-state index is 13.2. The molecule has 2 aromatic heterocycles. The number of benzene rings is 1. The van der Waals surface area contributed by atoms with Gasteiger partial charge in [-0.1, -0.05) is 31.0 Å². The van der Waals surface area contributed by atoms with E-state index < -0.39 is 5.41 Å². The van der Waals surface area contributed by atoms with Gasteiger partial charge in [-0.3, -0.25) is 14.4 Å². The summed E-state index contributed by atoms with van der Waals surface area (Å²) in [7, 11) is 0.